The minimum Gasteiger partial charge on any atom is -0.274 e. The van der Waals surface area contributed by atoms with Crippen LogP contribution in [0.1, 0.15) is 37.4 Å². The van der Waals surface area contributed by atoms with Gasteiger partial charge < -0.3 is 0 Å². The molecule has 1 saturated heterocycles. The summed E-state index contributed by atoms with van der Waals surface area (Å²) >= 11 is 6.25. The van der Waals surface area contributed by atoms with E-state index < -0.39 is 0 Å². The fourth-order valence-electron chi connectivity index (χ4n) is 2.78. The lowest BCUT2D eigenvalue weighted by atomic mass is 10.1. The molecule has 1 aromatic rings. The second-order valence-electron chi connectivity index (χ2n) is 5.74. The standard InChI is InChI=1S/C15H20ClN5/c1-10(11-4-5-11)8-18-14-7-6-13(21(14)17-2)15-12(16)9-20(3)19-15/h9,11,13H,1-2,4-8H2,3H3. The van der Waals surface area contributed by atoms with Crippen LogP contribution in [0.15, 0.2) is 28.4 Å². The van der Waals surface area contributed by atoms with E-state index in [1.54, 1.807) is 4.68 Å². The van der Waals surface area contributed by atoms with Crippen molar-refractivity contribution in [3.63, 3.8) is 0 Å². The Bertz CT molecular complexity index is 599. The molecular formula is C15H20ClN5. The van der Waals surface area contributed by atoms with Crippen LogP contribution in [-0.2, 0) is 7.05 Å². The summed E-state index contributed by atoms with van der Waals surface area (Å²) in [5, 5.41) is 11.1. The van der Waals surface area contributed by atoms with Crippen molar-refractivity contribution in [2.24, 2.45) is 23.1 Å². The number of aryl methyl sites for hydroxylation is 1. The molecule has 0 spiro atoms. The quantitative estimate of drug-likeness (QED) is 0.619. The molecule has 3 rings (SSSR count). The molecule has 1 atom stereocenters. The van der Waals surface area contributed by atoms with Gasteiger partial charge in [-0.05, 0) is 25.2 Å². The monoisotopic (exact) mass is 305 g/mol. The van der Waals surface area contributed by atoms with E-state index in [0.717, 1.165) is 24.4 Å². The van der Waals surface area contributed by atoms with E-state index in [0.29, 0.717) is 17.5 Å². The normalized spacial score (nSPS) is 23.8. The van der Waals surface area contributed by atoms with Crippen molar-refractivity contribution in [3.05, 3.63) is 29.1 Å². The molecule has 1 aliphatic carbocycles. The second-order valence-corrected chi connectivity index (χ2v) is 6.15. The van der Waals surface area contributed by atoms with Gasteiger partial charge in [0.2, 0.25) is 0 Å². The molecule has 0 N–H and O–H groups in total. The Morgan fingerprint density at radius 2 is 2.24 bits per heavy atom. The van der Waals surface area contributed by atoms with E-state index in [9.17, 15) is 0 Å². The first kappa shape index (κ1) is 14.3. The highest BCUT2D eigenvalue weighted by Gasteiger charge is 2.34. The summed E-state index contributed by atoms with van der Waals surface area (Å²) < 4.78 is 1.73. The van der Waals surface area contributed by atoms with Crippen LogP contribution in [-0.4, -0.2) is 33.9 Å². The van der Waals surface area contributed by atoms with Crippen molar-refractivity contribution < 1.29 is 0 Å². The van der Waals surface area contributed by atoms with Crippen molar-refractivity contribution in [3.8, 4) is 0 Å². The predicted octanol–water partition coefficient (Wildman–Crippen LogP) is 3.19. The molecule has 1 saturated carbocycles. The minimum atomic E-state index is 0.0316. The summed E-state index contributed by atoms with van der Waals surface area (Å²) in [6.45, 7) is 8.48. The van der Waals surface area contributed by atoms with Gasteiger partial charge in [0.05, 0.1) is 17.6 Å². The molecule has 21 heavy (non-hydrogen) atoms. The smallest absolute Gasteiger partial charge is 0.121 e. The zero-order valence-electron chi connectivity index (χ0n) is 12.3. The van der Waals surface area contributed by atoms with Gasteiger partial charge in [-0.25, -0.2) is 5.01 Å². The topological polar surface area (TPSA) is 45.8 Å². The number of rotatable bonds is 5. The van der Waals surface area contributed by atoms with E-state index >= 15 is 0 Å². The highest BCUT2D eigenvalue weighted by molar-refractivity contribution is 6.31. The number of halogens is 1. The molecule has 2 fully saturated rings. The molecular weight excluding hydrogens is 286 g/mol. The summed E-state index contributed by atoms with van der Waals surface area (Å²) in [7, 11) is 1.87. The number of hydrogen-bond donors (Lipinski definition) is 0. The fourth-order valence-corrected chi connectivity index (χ4v) is 3.09. The Labute approximate surface area is 130 Å². The van der Waals surface area contributed by atoms with E-state index in [1.807, 2.05) is 18.3 Å². The van der Waals surface area contributed by atoms with Crippen LogP contribution < -0.4 is 0 Å². The fraction of sp³-hybridized carbons (Fsp3) is 0.533. The third kappa shape index (κ3) is 2.88. The van der Waals surface area contributed by atoms with Crippen molar-refractivity contribution in [2.45, 2.75) is 31.7 Å². The first-order valence-electron chi connectivity index (χ1n) is 7.26. The van der Waals surface area contributed by atoms with Crippen molar-refractivity contribution in [1.82, 2.24) is 14.8 Å². The Hall–Kier alpha value is -1.62. The zero-order valence-corrected chi connectivity index (χ0v) is 13.1. The van der Waals surface area contributed by atoms with Crippen LogP contribution in [0.2, 0.25) is 5.02 Å². The van der Waals surface area contributed by atoms with Crippen LogP contribution in [0.4, 0.5) is 0 Å². The molecule has 1 aromatic heterocycles. The minimum absolute atomic E-state index is 0.0316. The molecule has 2 heterocycles. The maximum Gasteiger partial charge on any atom is 0.121 e. The summed E-state index contributed by atoms with van der Waals surface area (Å²) in [6.07, 6.45) is 6.11. The number of aliphatic imine (C=N–C) groups is 1. The van der Waals surface area contributed by atoms with Crippen molar-refractivity contribution >= 4 is 24.2 Å². The van der Waals surface area contributed by atoms with Gasteiger partial charge in [-0.3, -0.25) is 9.67 Å². The van der Waals surface area contributed by atoms with Crippen LogP contribution >= 0.6 is 11.6 Å². The largest absolute Gasteiger partial charge is 0.274 e. The first-order valence-corrected chi connectivity index (χ1v) is 7.64. The van der Waals surface area contributed by atoms with Crippen molar-refractivity contribution in [1.29, 1.82) is 0 Å². The molecule has 2 aliphatic rings. The molecule has 0 amide bonds. The number of hydrazone groups is 1. The molecule has 112 valence electrons. The summed E-state index contributed by atoms with van der Waals surface area (Å²) in [4.78, 5) is 4.68. The van der Waals surface area contributed by atoms with Gasteiger partial charge in [-0.2, -0.15) is 10.2 Å². The number of aromatic nitrogens is 2. The van der Waals surface area contributed by atoms with Crippen LogP contribution in [0.5, 0.6) is 0 Å². The average molecular weight is 306 g/mol. The maximum atomic E-state index is 6.25. The van der Waals surface area contributed by atoms with Gasteiger partial charge in [-0.1, -0.05) is 23.8 Å². The Balaban J connectivity index is 1.76. The van der Waals surface area contributed by atoms with E-state index in [4.69, 9.17) is 11.6 Å². The molecule has 6 heteroatoms. The average Bonchev–Trinajstić information content (AvgIpc) is 3.14. The van der Waals surface area contributed by atoms with Gasteiger partial charge >= 0.3 is 0 Å². The Morgan fingerprint density at radius 3 is 2.81 bits per heavy atom. The van der Waals surface area contributed by atoms with E-state index in [-0.39, 0.29) is 6.04 Å². The molecule has 1 aliphatic heterocycles. The Kier molecular flexibility index (Phi) is 3.85. The lowest BCUT2D eigenvalue weighted by Crippen LogP contribution is -2.23. The van der Waals surface area contributed by atoms with Crippen LogP contribution in [0.3, 0.4) is 0 Å². The van der Waals surface area contributed by atoms with Crippen LogP contribution in [0, 0.1) is 5.92 Å². The van der Waals surface area contributed by atoms with Gasteiger partial charge in [0.25, 0.3) is 0 Å². The lowest BCUT2D eigenvalue weighted by Gasteiger charge is -2.20. The zero-order chi connectivity index (χ0) is 15.0. The molecule has 0 aromatic carbocycles. The Morgan fingerprint density at radius 1 is 1.48 bits per heavy atom. The van der Waals surface area contributed by atoms with Gasteiger partial charge in [0, 0.05) is 26.4 Å². The highest BCUT2D eigenvalue weighted by atomic mass is 35.5. The second kappa shape index (κ2) is 5.64. The molecule has 0 radical (unpaired) electrons. The number of amidine groups is 1. The summed E-state index contributed by atoms with van der Waals surface area (Å²) in [5.41, 5.74) is 2.07. The third-order valence-electron chi connectivity index (χ3n) is 4.10. The number of nitrogens with zero attached hydrogens (tertiary/aromatic N) is 5. The lowest BCUT2D eigenvalue weighted by molar-refractivity contribution is 0.354. The maximum absolute atomic E-state index is 6.25. The molecule has 0 bridgehead atoms. The number of hydrogen-bond acceptors (Lipinski definition) is 3. The predicted molar refractivity (Wildman–Crippen MR) is 85.7 cm³/mol. The SMILES string of the molecule is C=NN1C(=NCC(=C)C2CC2)CCC1c1nn(C)cc1Cl. The highest BCUT2D eigenvalue weighted by Crippen LogP contribution is 2.37. The summed E-state index contributed by atoms with van der Waals surface area (Å²) in [6, 6.07) is 0.0316. The third-order valence-corrected chi connectivity index (χ3v) is 4.39. The first-order chi connectivity index (χ1) is 10.1. The summed E-state index contributed by atoms with van der Waals surface area (Å²) in [5.74, 6) is 1.64. The van der Waals surface area contributed by atoms with E-state index in [2.05, 4.69) is 28.5 Å². The van der Waals surface area contributed by atoms with Gasteiger partial charge in [-0.15, -0.1) is 0 Å². The molecule has 5 nitrogen and oxygen atoms in total. The van der Waals surface area contributed by atoms with Gasteiger partial charge in [0.15, 0.2) is 0 Å². The van der Waals surface area contributed by atoms with Crippen LogP contribution in [0.25, 0.3) is 0 Å². The van der Waals surface area contributed by atoms with Crippen molar-refractivity contribution in [2.75, 3.05) is 6.54 Å². The van der Waals surface area contributed by atoms with E-state index in [1.165, 1.54) is 18.4 Å². The molecule has 1 unspecified atom stereocenters. The van der Waals surface area contributed by atoms with Gasteiger partial charge in [0.1, 0.15) is 11.5 Å².